The van der Waals surface area contributed by atoms with Gasteiger partial charge in [0, 0.05) is 12.1 Å². The minimum Gasteiger partial charge on any atom is -0.493 e. The van der Waals surface area contributed by atoms with Crippen molar-refractivity contribution < 1.29 is 19.2 Å². The van der Waals surface area contributed by atoms with Gasteiger partial charge in [-0.3, -0.25) is 14.9 Å². The lowest BCUT2D eigenvalue weighted by atomic mass is 10.1. The van der Waals surface area contributed by atoms with Crippen molar-refractivity contribution in [1.29, 1.82) is 0 Å². The number of benzene rings is 2. The molecule has 2 rings (SSSR count). The Balaban J connectivity index is 1.74. The number of methoxy groups -OCH3 is 1. The van der Waals surface area contributed by atoms with Crippen LogP contribution in [0.1, 0.15) is 5.56 Å². The van der Waals surface area contributed by atoms with Gasteiger partial charge in [-0.25, -0.2) is 0 Å². The average Bonchev–Trinajstić information content (AvgIpc) is 2.59. The van der Waals surface area contributed by atoms with Gasteiger partial charge in [-0.1, -0.05) is 24.3 Å². The molecule has 1 N–H and O–H groups in total. The van der Waals surface area contributed by atoms with E-state index in [-0.39, 0.29) is 18.0 Å². The van der Waals surface area contributed by atoms with Crippen LogP contribution in [0.5, 0.6) is 11.5 Å². The first-order valence-electron chi connectivity index (χ1n) is 7.36. The number of nitrogens with one attached hydrogen (secondary N) is 1. The van der Waals surface area contributed by atoms with Crippen LogP contribution in [0.25, 0.3) is 0 Å². The Morgan fingerprint density at radius 1 is 1.12 bits per heavy atom. The molecule has 2 aromatic carbocycles. The van der Waals surface area contributed by atoms with Gasteiger partial charge in [0.1, 0.15) is 6.61 Å². The molecule has 1 amide bonds. The van der Waals surface area contributed by atoms with Crippen molar-refractivity contribution in [2.75, 3.05) is 20.3 Å². The predicted molar refractivity (Wildman–Crippen MR) is 88.3 cm³/mol. The summed E-state index contributed by atoms with van der Waals surface area (Å²) in [5, 5.41) is 13.3. The van der Waals surface area contributed by atoms with E-state index in [1.165, 1.54) is 12.1 Å². The number of rotatable bonds is 8. The normalized spacial score (nSPS) is 10.0. The van der Waals surface area contributed by atoms with Gasteiger partial charge in [0.15, 0.2) is 11.5 Å². The van der Waals surface area contributed by atoms with Gasteiger partial charge in [0.2, 0.25) is 5.91 Å². The van der Waals surface area contributed by atoms with Gasteiger partial charge < -0.3 is 14.8 Å². The van der Waals surface area contributed by atoms with E-state index in [4.69, 9.17) is 9.47 Å². The zero-order chi connectivity index (χ0) is 17.4. The maximum absolute atomic E-state index is 11.8. The van der Waals surface area contributed by atoms with Crippen molar-refractivity contribution >= 4 is 11.6 Å². The number of nitrogens with zero attached hydrogens (tertiary/aromatic N) is 1. The summed E-state index contributed by atoms with van der Waals surface area (Å²) in [6.07, 6.45) is 0.159. The Hall–Kier alpha value is -3.09. The summed E-state index contributed by atoms with van der Waals surface area (Å²) >= 11 is 0. The van der Waals surface area contributed by atoms with E-state index in [1.807, 2.05) is 12.1 Å². The third kappa shape index (κ3) is 4.98. The summed E-state index contributed by atoms with van der Waals surface area (Å²) in [5.41, 5.74) is 0.716. The lowest BCUT2D eigenvalue weighted by Gasteiger charge is -2.10. The molecule has 24 heavy (non-hydrogen) atoms. The van der Waals surface area contributed by atoms with Crippen LogP contribution < -0.4 is 14.8 Å². The molecule has 126 valence electrons. The first-order chi connectivity index (χ1) is 11.6. The first kappa shape index (κ1) is 17.3. The molecule has 2 aromatic rings. The molecule has 0 aromatic heterocycles. The molecule has 0 bridgehead atoms. The molecule has 0 radical (unpaired) electrons. The molecule has 0 atom stereocenters. The van der Waals surface area contributed by atoms with Gasteiger partial charge >= 0.3 is 0 Å². The van der Waals surface area contributed by atoms with Gasteiger partial charge in [0.25, 0.3) is 5.69 Å². The number of nitro groups is 1. The summed E-state index contributed by atoms with van der Waals surface area (Å²) in [5.74, 6) is 1.08. The molecular formula is C17H18N2O5. The monoisotopic (exact) mass is 330 g/mol. The fourth-order valence-corrected chi connectivity index (χ4v) is 2.07. The number of hydrogen-bond donors (Lipinski definition) is 1. The second-order valence-corrected chi connectivity index (χ2v) is 4.95. The molecular weight excluding hydrogens is 312 g/mol. The topological polar surface area (TPSA) is 90.7 Å². The first-order valence-corrected chi connectivity index (χ1v) is 7.36. The van der Waals surface area contributed by atoms with E-state index in [0.717, 1.165) is 0 Å². The molecule has 0 saturated carbocycles. The number of ether oxygens (including phenoxy) is 2. The number of carbonyl (C=O) groups excluding carboxylic acids is 1. The summed E-state index contributed by atoms with van der Waals surface area (Å²) in [7, 11) is 1.56. The van der Waals surface area contributed by atoms with Gasteiger partial charge in [0.05, 0.1) is 25.0 Å². The number of non-ortho nitro benzene ring substituents is 1. The summed E-state index contributed by atoms with van der Waals surface area (Å²) in [4.78, 5) is 21.9. The van der Waals surface area contributed by atoms with Crippen LogP contribution in [0.4, 0.5) is 5.69 Å². The van der Waals surface area contributed by atoms with Crippen LogP contribution in [0.15, 0.2) is 48.5 Å². The van der Waals surface area contributed by atoms with E-state index in [0.29, 0.717) is 30.2 Å². The van der Waals surface area contributed by atoms with Gasteiger partial charge in [-0.2, -0.15) is 0 Å². The number of amides is 1. The highest BCUT2D eigenvalue weighted by Crippen LogP contribution is 2.25. The van der Waals surface area contributed by atoms with Crippen LogP contribution in [0.2, 0.25) is 0 Å². The Morgan fingerprint density at radius 3 is 2.42 bits per heavy atom. The zero-order valence-electron chi connectivity index (χ0n) is 13.2. The van der Waals surface area contributed by atoms with Crippen molar-refractivity contribution in [2.24, 2.45) is 0 Å². The third-order valence-electron chi connectivity index (χ3n) is 3.26. The van der Waals surface area contributed by atoms with Crippen LogP contribution in [0, 0.1) is 10.1 Å². The summed E-state index contributed by atoms with van der Waals surface area (Å²) < 4.78 is 10.7. The fraction of sp³-hybridized carbons (Fsp3) is 0.235. The highest BCUT2D eigenvalue weighted by Gasteiger charge is 2.07. The Bertz CT molecular complexity index is 700. The molecule has 0 heterocycles. The van der Waals surface area contributed by atoms with Crippen LogP contribution >= 0.6 is 0 Å². The minimum absolute atomic E-state index is 0.00404. The number of carbonyl (C=O) groups is 1. The number of nitro benzene ring substituents is 1. The second-order valence-electron chi connectivity index (χ2n) is 4.95. The largest absolute Gasteiger partial charge is 0.493 e. The highest BCUT2D eigenvalue weighted by molar-refractivity contribution is 5.78. The average molecular weight is 330 g/mol. The smallest absolute Gasteiger partial charge is 0.269 e. The fourth-order valence-electron chi connectivity index (χ4n) is 2.07. The maximum Gasteiger partial charge on any atom is 0.269 e. The molecule has 7 nitrogen and oxygen atoms in total. The lowest BCUT2D eigenvalue weighted by Crippen LogP contribution is -2.29. The van der Waals surface area contributed by atoms with Crippen LogP contribution in [-0.4, -0.2) is 31.1 Å². The molecule has 0 saturated heterocycles. The van der Waals surface area contributed by atoms with Gasteiger partial charge in [-0.15, -0.1) is 0 Å². The summed E-state index contributed by atoms with van der Waals surface area (Å²) in [6, 6.07) is 13.2. The standard InChI is InChI=1S/C17H18N2O5/c1-23-15-4-2-3-5-16(15)24-11-10-18-17(20)12-13-6-8-14(9-7-13)19(21)22/h2-9H,10-12H2,1H3,(H,18,20). The molecule has 0 fully saturated rings. The number of para-hydroxylation sites is 2. The van der Waals surface area contributed by atoms with E-state index >= 15 is 0 Å². The van der Waals surface area contributed by atoms with Crippen LogP contribution in [-0.2, 0) is 11.2 Å². The Labute approximate surface area is 139 Å². The quantitative estimate of drug-likeness (QED) is 0.456. The number of hydrogen-bond acceptors (Lipinski definition) is 5. The molecule has 7 heteroatoms. The van der Waals surface area contributed by atoms with E-state index in [2.05, 4.69) is 5.32 Å². The van der Waals surface area contributed by atoms with E-state index in [9.17, 15) is 14.9 Å². The summed E-state index contributed by atoms with van der Waals surface area (Å²) in [6.45, 7) is 0.663. The Morgan fingerprint density at radius 2 is 1.79 bits per heavy atom. The zero-order valence-corrected chi connectivity index (χ0v) is 13.2. The molecule has 0 aliphatic carbocycles. The Kier molecular flexibility index (Phi) is 6.13. The minimum atomic E-state index is -0.473. The van der Waals surface area contributed by atoms with Crippen molar-refractivity contribution in [3.63, 3.8) is 0 Å². The van der Waals surface area contributed by atoms with E-state index < -0.39 is 4.92 Å². The lowest BCUT2D eigenvalue weighted by molar-refractivity contribution is -0.384. The SMILES string of the molecule is COc1ccccc1OCCNC(=O)Cc1ccc([N+](=O)[O-])cc1. The van der Waals surface area contributed by atoms with Gasteiger partial charge in [-0.05, 0) is 17.7 Å². The molecule has 0 spiro atoms. The molecule has 0 aliphatic rings. The maximum atomic E-state index is 11.8. The van der Waals surface area contributed by atoms with Crippen molar-refractivity contribution in [3.05, 3.63) is 64.2 Å². The van der Waals surface area contributed by atoms with E-state index in [1.54, 1.807) is 31.4 Å². The second kappa shape index (κ2) is 8.52. The third-order valence-corrected chi connectivity index (χ3v) is 3.26. The van der Waals surface area contributed by atoms with Crippen molar-refractivity contribution in [3.8, 4) is 11.5 Å². The highest BCUT2D eigenvalue weighted by atomic mass is 16.6. The molecule has 0 unspecified atom stereocenters. The molecule has 0 aliphatic heterocycles. The van der Waals surface area contributed by atoms with Crippen molar-refractivity contribution in [2.45, 2.75) is 6.42 Å². The van der Waals surface area contributed by atoms with Crippen LogP contribution in [0.3, 0.4) is 0 Å². The predicted octanol–water partition coefficient (Wildman–Crippen LogP) is 2.34. The van der Waals surface area contributed by atoms with Crippen molar-refractivity contribution in [1.82, 2.24) is 5.32 Å².